The maximum absolute atomic E-state index is 10.4. The van der Waals surface area contributed by atoms with Crippen molar-refractivity contribution >= 4 is 0 Å². The van der Waals surface area contributed by atoms with Crippen LogP contribution in [0.1, 0.15) is 58.3 Å². The zero-order chi connectivity index (χ0) is 12.8. The monoisotopic (exact) mass is 254 g/mol. The second-order valence-corrected chi connectivity index (χ2v) is 5.99. The lowest BCUT2D eigenvalue weighted by Gasteiger charge is -2.41. The van der Waals surface area contributed by atoms with Gasteiger partial charge < -0.3 is 10.4 Å². The third-order valence-corrected chi connectivity index (χ3v) is 4.63. The fourth-order valence-corrected chi connectivity index (χ4v) is 3.67. The molecule has 0 spiro atoms. The van der Waals surface area contributed by atoms with E-state index in [9.17, 15) is 5.11 Å². The lowest BCUT2D eigenvalue weighted by Crippen LogP contribution is -2.52. The van der Waals surface area contributed by atoms with Gasteiger partial charge in [0.2, 0.25) is 0 Å². The van der Waals surface area contributed by atoms with E-state index < -0.39 is 0 Å². The Morgan fingerprint density at radius 3 is 2.50 bits per heavy atom. The summed E-state index contributed by atoms with van der Waals surface area (Å²) in [6, 6.07) is 1.12. The standard InChI is InChI=1S/C15H30N2O/c1-2-12-17(13-8-10-16-11-9-13)14-6-4-3-5-7-15(14)18/h13-16,18H,2-12H2,1H3. The second kappa shape index (κ2) is 7.46. The van der Waals surface area contributed by atoms with Crippen LogP contribution in [-0.2, 0) is 0 Å². The fraction of sp³-hybridized carbons (Fsp3) is 1.00. The second-order valence-electron chi connectivity index (χ2n) is 5.99. The number of piperidine rings is 1. The minimum absolute atomic E-state index is 0.0889. The molecule has 2 N–H and O–H groups in total. The largest absolute Gasteiger partial charge is 0.391 e. The van der Waals surface area contributed by atoms with Gasteiger partial charge in [0.1, 0.15) is 0 Å². The number of nitrogens with one attached hydrogen (secondary N) is 1. The van der Waals surface area contributed by atoms with Gasteiger partial charge in [-0.25, -0.2) is 0 Å². The van der Waals surface area contributed by atoms with E-state index in [0.29, 0.717) is 12.1 Å². The molecule has 0 amide bonds. The van der Waals surface area contributed by atoms with Crippen LogP contribution in [-0.4, -0.2) is 47.8 Å². The maximum atomic E-state index is 10.4. The van der Waals surface area contributed by atoms with Gasteiger partial charge in [0.15, 0.2) is 0 Å². The van der Waals surface area contributed by atoms with Crippen molar-refractivity contribution in [2.45, 2.75) is 76.5 Å². The Morgan fingerprint density at radius 2 is 1.78 bits per heavy atom. The lowest BCUT2D eigenvalue weighted by atomic mass is 9.97. The topological polar surface area (TPSA) is 35.5 Å². The Labute approximate surface area is 112 Å². The third-order valence-electron chi connectivity index (χ3n) is 4.63. The molecule has 1 aliphatic carbocycles. The molecule has 0 aromatic heterocycles. The average molecular weight is 254 g/mol. The minimum Gasteiger partial charge on any atom is -0.391 e. The molecule has 18 heavy (non-hydrogen) atoms. The predicted molar refractivity (Wildman–Crippen MR) is 75.8 cm³/mol. The molecule has 2 rings (SSSR count). The number of aliphatic hydroxyl groups excluding tert-OH is 1. The Balaban J connectivity index is 2.01. The average Bonchev–Trinajstić information content (AvgIpc) is 2.62. The van der Waals surface area contributed by atoms with Crippen LogP contribution in [0, 0.1) is 0 Å². The van der Waals surface area contributed by atoms with Crippen LogP contribution in [0.5, 0.6) is 0 Å². The highest BCUT2D eigenvalue weighted by Gasteiger charge is 2.32. The molecule has 3 heteroatoms. The van der Waals surface area contributed by atoms with E-state index in [-0.39, 0.29) is 6.10 Å². The summed E-state index contributed by atoms with van der Waals surface area (Å²) < 4.78 is 0. The molecule has 0 bridgehead atoms. The van der Waals surface area contributed by atoms with Crippen molar-refractivity contribution in [3.8, 4) is 0 Å². The van der Waals surface area contributed by atoms with Gasteiger partial charge in [-0.1, -0.05) is 26.2 Å². The van der Waals surface area contributed by atoms with E-state index in [2.05, 4.69) is 17.1 Å². The molecule has 1 aliphatic heterocycles. The first-order valence-corrected chi connectivity index (χ1v) is 7.97. The van der Waals surface area contributed by atoms with Crippen molar-refractivity contribution in [2.24, 2.45) is 0 Å². The first-order chi connectivity index (χ1) is 8.83. The lowest BCUT2D eigenvalue weighted by molar-refractivity contribution is 0.0113. The van der Waals surface area contributed by atoms with E-state index in [1.165, 1.54) is 44.9 Å². The van der Waals surface area contributed by atoms with Gasteiger partial charge in [0.25, 0.3) is 0 Å². The molecule has 106 valence electrons. The van der Waals surface area contributed by atoms with Crippen molar-refractivity contribution in [1.82, 2.24) is 10.2 Å². The van der Waals surface area contributed by atoms with Crippen molar-refractivity contribution in [3.63, 3.8) is 0 Å². The van der Waals surface area contributed by atoms with E-state index in [1.54, 1.807) is 0 Å². The maximum Gasteiger partial charge on any atom is 0.0695 e. The van der Waals surface area contributed by atoms with E-state index in [1.807, 2.05) is 0 Å². The summed E-state index contributed by atoms with van der Waals surface area (Å²) in [7, 11) is 0. The Morgan fingerprint density at radius 1 is 1.06 bits per heavy atom. The summed E-state index contributed by atoms with van der Waals surface area (Å²) in [6.45, 7) is 5.71. The van der Waals surface area contributed by atoms with Crippen LogP contribution in [0.3, 0.4) is 0 Å². The smallest absolute Gasteiger partial charge is 0.0695 e. The normalized spacial score (nSPS) is 31.5. The first-order valence-electron chi connectivity index (χ1n) is 7.97. The molecule has 0 aromatic rings. The zero-order valence-electron chi connectivity index (χ0n) is 11.9. The van der Waals surface area contributed by atoms with E-state index >= 15 is 0 Å². The molecule has 2 unspecified atom stereocenters. The van der Waals surface area contributed by atoms with Crippen molar-refractivity contribution < 1.29 is 5.11 Å². The molecule has 0 radical (unpaired) electrons. The summed E-state index contributed by atoms with van der Waals surface area (Å²) in [6.07, 6.45) is 9.64. The summed E-state index contributed by atoms with van der Waals surface area (Å²) >= 11 is 0. The van der Waals surface area contributed by atoms with Crippen LogP contribution in [0.2, 0.25) is 0 Å². The van der Waals surface area contributed by atoms with Crippen LogP contribution in [0.15, 0.2) is 0 Å². The molecule has 1 heterocycles. The van der Waals surface area contributed by atoms with Gasteiger partial charge in [-0.2, -0.15) is 0 Å². The SMILES string of the molecule is CCCN(C1CCNCC1)C1CCCCCC1O. The predicted octanol–water partition coefficient (Wildman–Crippen LogP) is 2.14. The van der Waals surface area contributed by atoms with Gasteiger partial charge in [0.05, 0.1) is 6.10 Å². The quantitative estimate of drug-likeness (QED) is 0.755. The summed E-state index contributed by atoms with van der Waals surface area (Å²) in [5.41, 5.74) is 0. The van der Waals surface area contributed by atoms with Gasteiger partial charge in [0, 0.05) is 12.1 Å². The Bertz CT molecular complexity index is 229. The third kappa shape index (κ3) is 3.69. The molecular weight excluding hydrogens is 224 g/mol. The first kappa shape index (κ1) is 14.3. The van der Waals surface area contributed by atoms with Gasteiger partial charge in [-0.15, -0.1) is 0 Å². The van der Waals surface area contributed by atoms with Gasteiger partial charge in [-0.3, -0.25) is 4.90 Å². The highest BCUT2D eigenvalue weighted by molar-refractivity contribution is 4.87. The highest BCUT2D eigenvalue weighted by atomic mass is 16.3. The Kier molecular flexibility index (Phi) is 5.93. The summed E-state index contributed by atoms with van der Waals surface area (Å²) in [5.74, 6) is 0. The molecule has 3 nitrogen and oxygen atoms in total. The minimum atomic E-state index is -0.0889. The van der Waals surface area contributed by atoms with E-state index in [4.69, 9.17) is 0 Å². The van der Waals surface area contributed by atoms with Crippen LogP contribution in [0.25, 0.3) is 0 Å². The number of hydrogen-bond donors (Lipinski definition) is 2. The number of aliphatic hydroxyl groups is 1. The van der Waals surface area contributed by atoms with Gasteiger partial charge in [-0.05, 0) is 51.7 Å². The van der Waals surface area contributed by atoms with Crippen LogP contribution in [0.4, 0.5) is 0 Å². The molecule has 2 atom stereocenters. The highest BCUT2D eigenvalue weighted by Crippen LogP contribution is 2.26. The summed E-state index contributed by atoms with van der Waals surface area (Å²) in [5, 5.41) is 13.9. The fourth-order valence-electron chi connectivity index (χ4n) is 3.67. The molecule has 0 aromatic carbocycles. The zero-order valence-corrected chi connectivity index (χ0v) is 11.9. The molecule has 2 aliphatic rings. The van der Waals surface area contributed by atoms with Crippen molar-refractivity contribution in [3.05, 3.63) is 0 Å². The summed E-state index contributed by atoms with van der Waals surface area (Å²) in [4.78, 5) is 2.65. The van der Waals surface area contributed by atoms with Gasteiger partial charge >= 0.3 is 0 Å². The number of nitrogens with zero attached hydrogens (tertiary/aromatic N) is 1. The molecule has 1 saturated carbocycles. The molecule has 2 fully saturated rings. The number of hydrogen-bond acceptors (Lipinski definition) is 3. The molecule has 1 saturated heterocycles. The van der Waals surface area contributed by atoms with Crippen molar-refractivity contribution in [1.29, 1.82) is 0 Å². The van der Waals surface area contributed by atoms with E-state index in [0.717, 1.165) is 26.1 Å². The van der Waals surface area contributed by atoms with Crippen LogP contribution >= 0.6 is 0 Å². The molecular formula is C15H30N2O. The Hall–Kier alpha value is -0.120. The van der Waals surface area contributed by atoms with Crippen LogP contribution < -0.4 is 5.32 Å². The van der Waals surface area contributed by atoms with Crippen molar-refractivity contribution in [2.75, 3.05) is 19.6 Å². The number of rotatable bonds is 4.